The van der Waals surface area contributed by atoms with E-state index in [1.807, 2.05) is 0 Å². The molecule has 1 aromatic rings. The maximum Gasteiger partial charge on any atom is 0.329 e. The van der Waals surface area contributed by atoms with Gasteiger partial charge in [0.15, 0.2) is 5.75 Å². The van der Waals surface area contributed by atoms with Crippen LogP contribution < -0.4 is 10.1 Å². The number of rotatable bonds is 4. The monoisotopic (exact) mass is 370 g/mol. The number of carbonyl (C=O) groups excluding carboxylic acids is 2. The van der Waals surface area contributed by atoms with E-state index < -0.39 is 11.9 Å². The highest BCUT2D eigenvalue weighted by atomic mass is 79.9. The van der Waals surface area contributed by atoms with Crippen LogP contribution in [0.15, 0.2) is 35.0 Å². The predicted octanol–water partition coefficient (Wildman–Crippen LogP) is 3.19. The van der Waals surface area contributed by atoms with Crippen molar-refractivity contribution >= 4 is 45.5 Å². The molecule has 1 aromatic carbocycles. The fraction of sp³-hybridized carbons (Fsp3) is 0.143. The van der Waals surface area contributed by atoms with Gasteiger partial charge < -0.3 is 10.1 Å². The molecule has 1 aliphatic rings. The molecule has 2 rings (SSSR count). The minimum Gasteiger partial charge on any atom is -0.494 e. The third-order valence-corrected chi connectivity index (χ3v) is 3.68. The minimum atomic E-state index is -0.468. The lowest BCUT2D eigenvalue weighted by Crippen LogP contribution is -2.30. The molecule has 3 amide bonds. The SMILES string of the molecule is C=CCN1C(=O)N/C(=C/c2cc(Cl)c(OC)c(Br)c2)C1=O. The minimum absolute atomic E-state index is 0.162. The normalized spacial score (nSPS) is 16.3. The molecule has 1 aliphatic heterocycles. The quantitative estimate of drug-likeness (QED) is 0.502. The van der Waals surface area contributed by atoms with Crippen molar-refractivity contribution in [1.29, 1.82) is 0 Å². The van der Waals surface area contributed by atoms with Crippen LogP contribution in [-0.4, -0.2) is 30.5 Å². The molecular formula is C14H12BrClN2O3. The van der Waals surface area contributed by atoms with Gasteiger partial charge in [0.05, 0.1) is 16.6 Å². The van der Waals surface area contributed by atoms with Gasteiger partial charge in [-0.1, -0.05) is 17.7 Å². The fourth-order valence-corrected chi connectivity index (χ4v) is 2.95. The first-order chi connectivity index (χ1) is 9.97. The van der Waals surface area contributed by atoms with E-state index in [1.54, 1.807) is 18.2 Å². The molecule has 1 fully saturated rings. The molecule has 5 nitrogen and oxygen atoms in total. The highest BCUT2D eigenvalue weighted by Gasteiger charge is 2.32. The van der Waals surface area contributed by atoms with Gasteiger partial charge in [0.2, 0.25) is 0 Å². The third-order valence-electron chi connectivity index (χ3n) is 2.81. The van der Waals surface area contributed by atoms with E-state index in [0.29, 0.717) is 20.8 Å². The number of halogens is 2. The number of urea groups is 1. The number of ether oxygens (including phenoxy) is 1. The van der Waals surface area contributed by atoms with Crippen molar-refractivity contribution in [3.05, 3.63) is 45.5 Å². The van der Waals surface area contributed by atoms with E-state index in [1.165, 1.54) is 13.2 Å². The van der Waals surface area contributed by atoms with Crippen LogP contribution in [0.1, 0.15) is 5.56 Å². The molecule has 0 aromatic heterocycles. The van der Waals surface area contributed by atoms with Crippen LogP contribution in [0.4, 0.5) is 4.79 Å². The first-order valence-electron chi connectivity index (χ1n) is 5.96. The van der Waals surface area contributed by atoms with Gasteiger partial charge in [-0.15, -0.1) is 6.58 Å². The predicted molar refractivity (Wildman–Crippen MR) is 84.1 cm³/mol. The van der Waals surface area contributed by atoms with Gasteiger partial charge in [-0.3, -0.25) is 9.69 Å². The van der Waals surface area contributed by atoms with E-state index in [-0.39, 0.29) is 12.2 Å². The number of methoxy groups -OCH3 is 1. The summed E-state index contributed by atoms with van der Waals surface area (Å²) in [5.41, 5.74) is 0.853. The molecule has 0 aliphatic carbocycles. The van der Waals surface area contributed by atoms with Gasteiger partial charge >= 0.3 is 6.03 Å². The number of hydrogen-bond donors (Lipinski definition) is 1. The average molecular weight is 372 g/mol. The summed E-state index contributed by atoms with van der Waals surface area (Å²) in [4.78, 5) is 24.8. The van der Waals surface area contributed by atoms with Crippen molar-refractivity contribution in [1.82, 2.24) is 10.2 Å². The molecular weight excluding hydrogens is 360 g/mol. The first-order valence-corrected chi connectivity index (χ1v) is 7.13. The molecule has 0 bridgehead atoms. The number of amides is 3. The van der Waals surface area contributed by atoms with Crippen LogP contribution in [0, 0.1) is 0 Å². The first kappa shape index (κ1) is 15.6. The third kappa shape index (κ3) is 3.11. The van der Waals surface area contributed by atoms with E-state index in [4.69, 9.17) is 16.3 Å². The van der Waals surface area contributed by atoms with Crippen LogP contribution in [0.2, 0.25) is 5.02 Å². The number of hydrogen-bond acceptors (Lipinski definition) is 3. The Morgan fingerprint density at radius 1 is 1.48 bits per heavy atom. The zero-order valence-corrected chi connectivity index (χ0v) is 13.5. The lowest BCUT2D eigenvalue weighted by Gasteiger charge is -2.08. The van der Waals surface area contributed by atoms with Crippen molar-refractivity contribution in [3.63, 3.8) is 0 Å². The largest absolute Gasteiger partial charge is 0.494 e. The summed E-state index contributed by atoms with van der Waals surface area (Å²) in [7, 11) is 1.51. The molecule has 1 N–H and O–H groups in total. The van der Waals surface area contributed by atoms with Crippen LogP contribution in [0.5, 0.6) is 5.75 Å². The Balaban J connectivity index is 2.35. The van der Waals surface area contributed by atoms with Gasteiger partial charge in [-0.05, 0) is 39.7 Å². The van der Waals surface area contributed by atoms with Crippen LogP contribution in [0.3, 0.4) is 0 Å². The maximum atomic E-state index is 12.1. The summed E-state index contributed by atoms with van der Waals surface area (Å²) in [6.45, 7) is 3.68. The summed E-state index contributed by atoms with van der Waals surface area (Å²) >= 11 is 9.42. The lowest BCUT2D eigenvalue weighted by molar-refractivity contribution is -0.122. The zero-order chi connectivity index (χ0) is 15.6. The molecule has 0 radical (unpaired) electrons. The second kappa shape index (κ2) is 6.32. The topological polar surface area (TPSA) is 58.6 Å². The van der Waals surface area contributed by atoms with Crippen LogP contribution >= 0.6 is 27.5 Å². The van der Waals surface area contributed by atoms with Gasteiger partial charge in [0.25, 0.3) is 5.91 Å². The zero-order valence-electron chi connectivity index (χ0n) is 11.2. The highest BCUT2D eigenvalue weighted by molar-refractivity contribution is 9.10. The van der Waals surface area contributed by atoms with E-state index >= 15 is 0 Å². The number of carbonyl (C=O) groups is 2. The maximum absolute atomic E-state index is 12.1. The molecule has 0 unspecified atom stereocenters. The van der Waals surface area contributed by atoms with E-state index in [0.717, 1.165) is 4.90 Å². The molecule has 1 heterocycles. The van der Waals surface area contributed by atoms with Crippen molar-refractivity contribution < 1.29 is 14.3 Å². The number of imide groups is 1. The Kier molecular flexibility index (Phi) is 4.69. The fourth-order valence-electron chi connectivity index (χ4n) is 1.89. The van der Waals surface area contributed by atoms with E-state index in [2.05, 4.69) is 27.8 Å². The molecule has 0 saturated carbocycles. The Morgan fingerprint density at radius 3 is 2.76 bits per heavy atom. The summed E-state index contributed by atoms with van der Waals surface area (Å²) in [5.74, 6) is 0.108. The standard InChI is InChI=1S/C14H12BrClN2O3/c1-3-4-18-13(19)11(17-14(18)20)7-8-5-9(15)12(21-2)10(16)6-8/h3,5-7H,1,4H2,2H3,(H,17,20)/b11-7+. The highest BCUT2D eigenvalue weighted by Crippen LogP contribution is 2.34. The number of nitrogens with one attached hydrogen (secondary N) is 1. The second-order valence-corrected chi connectivity index (χ2v) is 5.47. The number of nitrogens with zero attached hydrogens (tertiary/aromatic N) is 1. The molecule has 7 heteroatoms. The Morgan fingerprint density at radius 2 is 2.19 bits per heavy atom. The molecule has 21 heavy (non-hydrogen) atoms. The molecule has 1 saturated heterocycles. The molecule has 0 spiro atoms. The molecule has 110 valence electrons. The van der Waals surface area contributed by atoms with Gasteiger partial charge in [-0.2, -0.15) is 0 Å². The van der Waals surface area contributed by atoms with Crippen molar-refractivity contribution in [2.75, 3.05) is 13.7 Å². The Labute approximate surface area is 135 Å². The average Bonchev–Trinajstić information content (AvgIpc) is 2.66. The lowest BCUT2D eigenvalue weighted by atomic mass is 10.2. The summed E-state index contributed by atoms with van der Waals surface area (Å²) in [6, 6.07) is 2.92. The van der Waals surface area contributed by atoms with Gasteiger partial charge in [0.1, 0.15) is 5.70 Å². The van der Waals surface area contributed by atoms with Crippen molar-refractivity contribution in [3.8, 4) is 5.75 Å². The number of benzene rings is 1. The second-order valence-electron chi connectivity index (χ2n) is 4.21. The smallest absolute Gasteiger partial charge is 0.329 e. The molecule has 0 atom stereocenters. The van der Waals surface area contributed by atoms with Crippen molar-refractivity contribution in [2.24, 2.45) is 0 Å². The van der Waals surface area contributed by atoms with Gasteiger partial charge in [-0.25, -0.2) is 4.79 Å². The van der Waals surface area contributed by atoms with Crippen molar-refractivity contribution in [2.45, 2.75) is 0 Å². The Hall–Kier alpha value is -1.79. The summed E-state index contributed by atoms with van der Waals surface area (Å²) in [5, 5.41) is 2.92. The Bertz CT molecular complexity index is 635. The van der Waals surface area contributed by atoms with Crippen LogP contribution in [0.25, 0.3) is 6.08 Å². The van der Waals surface area contributed by atoms with E-state index in [9.17, 15) is 9.59 Å². The summed E-state index contributed by atoms with van der Waals surface area (Å²) in [6.07, 6.45) is 3.04. The summed E-state index contributed by atoms with van der Waals surface area (Å²) < 4.78 is 5.79. The van der Waals surface area contributed by atoms with Gasteiger partial charge in [0, 0.05) is 6.54 Å². The van der Waals surface area contributed by atoms with Crippen LogP contribution in [-0.2, 0) is 4.79 Å².